The zero-order valence-corrected chi connectivity index (χ0v) is 18.4. The van der Waals surface area contributed by atoms with Crippen molar-refractivity contribution in [1.82, 2.24) is 14.9 Å². The van der Waals surface area contributed by atoms with Crippen LogP contribution in [0.3, 0.4) is 0 Å². The van der Waals surface area contributed by atoms with E-state index in [2.05, 4.69) is 10.3 Å². The van der Waals surface area contributed by atoms with Crippen molar-refractivity contribution in [3.63, 3.8) is 0 Å². The Morgan fingerprint density at radius 1 is 1.10 bits per heavy atom. The summed E-state index contributed by atoms with van der Waals surface area (Å²) in [5, 5.41) is 2.81. The molecule has 158 valence electrons. The average molecular weight is 427 g/mol. The molecular weight excluding hydrogens is 400 g/mol. The molecule has 0 unspecified atom stereocenters. The Morgan fingerprint density at radius 3 is 2.27 bits per heavy atom. The first kappa shape index (κ1) is 21.6. The zero-order chi connectivity index (χ0) is 21.9. The Balaban J connectivity index is 1.70. The third-order valence-corrected chi connectivity index (χ3v) is 5.91. The van der Waals surface area contributed by atoms with Crippen molar-refractivity contribution in [2.24, 2.45) is 0 Å². The second kappa shape index (κ2) is 8.71. The number of sulfonamides is 1. The molecule has 3 rings (SSSR count). The number of hydrogen-bond acceptors (Lipinski definition) is 4. The molecule has 1 N–H and O–H groups in total. The van der Waals surface area contributed by atoms with Crippen molar-refractivity contribution in [1.29, 1.82) is 0 Å². The lowest BCUT2D eigenvalue weighted by Gasteiger charge is -2.26. The number of amides is 1. The lowest BCUT2D eigenvalue weighted by Crippen LogP contribution is -2.40. The fourth-order valence-corrected chi connectivity index (χ4v) is 4.48. The molecule has 1 amide bonds. The minimum atomic E-state index is -3.62. The molecule has 2 aromatic carbocycles. The number of carbonyl (C=O) groups is 1. The maximum Gasteiger partial charge on any atom is 0.241 e. The van der Waals surface area contributed by atoms with Crippen LogP contribution in [-0.4, -0.2) is 36.7 Å². The van der Waals surface area contributed by atoms with Crippen LogP contribution in [0.25, 0.3) is 5.69 Å². The van der Waals surface area contributed by atoms with Crippen LogP contribution in [0.4, 0.5) is 5.69 Å². The number of rotatable bonds is 7. The average Bonchev–Trinajstić information content (AvgIpc) is 3.19. The number of carbonyl (C=O) groups excluding carboxylic acids is 1. The fourth-order valence-electron chi connectivity index (χ4n) is 3.51. The van der Waals surface area contributed by atoms with E-state index in [1.54, 1.807) is 12.5 Å². The number of nitrogens with zero attached hydrogens (tertiary/aromatic N) is 3. The summed E-state index contributed by atoms with van der Waals surface area (Å²) in [4.78, 5) is 16.6. The highest BCUT2D eigenvalue weighted by molar-refractivity contribution is 7.92. The van der Waals surface area contributed by atoms with Gasteiger partial charge in [-0.05, 0) is 49.6 Å². The summed E-state index contributed by atoms with van der Waals surface area (Å²) in [7, 11) is -3.62. The van der Waals surface area contributed by atoms with Gasteiger partial charge in [-0.3, -0.25) is 9.10 Å². The van der Waals surface area contributed by atoms with Gasteiger partial charge in [0.15, 0.2) is 0 Å². The standard InChI is InChI=1S/C22H26N4O3S/c1-16-11-17(2)22(18(3)12-16)26(30(4,28)29)14-21(27)24-13-19-5-7-20(8-6-19)25-10-9-23-15-25/h5-12,15H,13-14H2,1-4H3,(H,24,27). The topological polar surface area (TPSA) is 84.3 Å². The maximum atomic E-state index is 12.6. The Morgan fingerprint density at radius 2 is 1.73 bits per heavy atom. The highest BCUT2D eigenvalue weighted by atomic mass is 32.2. The van der Waals surface area contributed by atoms with Crippen molar-refractivity contribution in [2.75, 3.05) is 17.1 Å². The third kappa shape index (κ3) is 5.07. The third-order valence-electron chi connectivity index (χ3n) is 4.80. The molecule has 0 atom stereocenters. The largest absolute Gasteiger partial charge is 0.350 e. The summed E-state index contributed by atoms with van der Waals surface area (Å²) in [5.74, 6) is -0.363. The number of aromatic nitrogens is 2. The summed E-state index contributed by atoms with van der Waals surface area (Å²) in [5.41, 5.74) is 5.13. The van der Waals surface area contributed by atoms with Gasteiger partial charge in [0.2, 0.25) is 15.9 Å². The molecule has 1 heterocycles. The molecule has 0 spiro atoms. The number of aryl methyl sites for hydroxylation is 3. The van der Waals surface area contributed by atoms with Gasteiger partial charge < -0.3 is 9.88 Å². The summed E-state index contributed by atoms with van der Waals surface area (Å²) >= 11 is 0. The van der Waals surface area contributed by atoms with E-state index in [0.29, 0.717) is 12.2 Å². The Kier molecular flexibility index (Phi) is 6.26. The molecule has 0 aliphatic heterocycles. The van der Waals surface area contributed by atoms with E-state index in [0.717, 1.165) is 34.2 Å². The van der Waals surface area contributed by atoms with Crippen molar-refractivity contribution in [3.05, 3.63) is 77.4 Å². The maximum absolute atomic E-state index is 12.6. The zero-order valence-electron chi connectivity index (χ0n) is 17.6. The van der Waals surface area contributed by atoms with E-state index in [1.165, 1.54) is 4.31 Å². The van der Waals surface area contributed by atoms with Crippen LogP contribution in [0.15, 0.2) is 55.1 Å². The van der Waals surface area contributed by atoms with Gasteiger partial charge in [0.1, 0.15) is 6.54 Å². The van der Waals surface area contributed by atoms with Crippen molar-refractivity contribution in [3.8, 4) is 5.69 Å². The second-order valence-corrected chi connectivity index (χ2v) is 9.34. The number of nitrogens with one attached hydrogen (secondary N) is 1. The summed E-state index contributed by atoms with van der Waals surface area (Å²) in [6, 6.07) is 11.5. The molecule has 0 aliphatic rings. The minimum absolute atomic E-state index is 0.267. The normalized spacial score (nSPS) is 11.3. The summed E-state index contributed by atoms with van der Waals surface area (Å²) in [6.07, 6.45) is 6.39. The molecule has 0 saturated heterocycles. The van der Waals surface area contributed by atoms with Crippen LogP contribution < -0.4 is 9.62 Å². The summed E-state index contributed by atoms with van der Waals surface area (Å²) in [6.45, 7) is 5.71. The molecule has 0 aliphatic carbocycles. The van der Waals surface area contributed by atoms with Crippen LogP contribution >= 0.6 is 0 Å². The summed E-state index contributed by atoms with van der Waals surface area (Å²) < 4.78 is 27.9. The van der Waals surface area contributed by atoms with Crippen molar-refractivity contribution < 1.29 is 13.2 Å². The van der Waals surface area contributed by atoms with E-state index in [-0.39, 0.29) is 12.5 Å². The lowest BCUT2D eigenvalue weighted by atomic mass is 10.1. The van der Waals surface area contributed by atoms with Gasteiger partial charge in [-0.25, -0.2) is 13.4 Å². The SMILES string of the molecule is Cc1cc(C)c(N(CC(=O)NCc2ccc(-n3ccnc3)cc2)S(C)(=O)=O)c(C)c1. The molecule has 1 aromatic heterocycles. The van der Waals surface area contributed by atoms with Crippen molar-refractivity contribution in [2.45, 2.75) is 27.3 Å². The van der Waals surface area contributed by atoms with Crippen LogP contribution in [0.5, 0.6) is 0 Å². The van der Waals surface area contributed by atoms with Crippen LogP contribution in [0.2, 0.25) is 0 Å². The Bertz CT molecular complexity index is 1110. The van der Waals surface area contributed by atoms with Crippen molar-refractivity contribution >= 4 is 21.6 Å². The molecule has 7 nitrogen and oxygen atoms in total. The number of imidazole rings is 1. The van der Waals surface area contributed by atoms with Gasteiger partial charge in [0.05, 0.1) is 18.3 Å². The molecule has 8 heteroatoms. The van der Waals surface area contributed by atoms with Gasteiger partial charge >= 0.3 is 0 Å². The Hall–Kier alpha value is -3.13. The predicted octanol–water partition coefficient (Wildman–Crippen LogP) is 2.88. The Labute approximate surface area is 177 Å². The number of benzene rings is 2. The van der Waals surface area contributed by atoms with Gasteiger partial charge in [0, 0.05) is 24.6 Å². The van der Waals surface area contributed by atoms with Crippen LogP contribution in [-0.2, 0) is 21.4 Å². The first-order valence-corrected chi connectivity index (χ1v) is 11.4. The van der Waals surface area contributed by atoms with E-state index < -0.39 is 10.0 Å². The second-order valence-electron chi connectivity index (χ2n) is 7.43. The highest BCUT2D eigenvalue weighted by Gasteiger charge is 2.24. The smallest absolute Gasteiger partial charge is 0.241 e. The molecule has 30 heavy (non-hydrogen) atoms. The first-order valence-electron chi connectivity index (χ1n) is 9.54. The predicted molar refractivity (Wildman–Crippen MR) is 118 cm³/mol. The van der Waals surface area contributed by atoms with E-state index >= 15 is 0 Å². The van der Waals surface area contributed by atoms with E-state index in [1.807, 2.05) is 67.9 Å². The van der Waals surface area contributed by atoms with Gasteiger partial charge in [0.25, 0.3) is 0 Å². The molecule has 0 saturated carbocycles. The fraction of sp³-hybridized carbons (Fsp3) is 0.273. The monoisotopic (exact) mass is 426 g/mol. The van der Waals surface area contributed by atoms with E-state index in [4.69, 9.17) is 0 Å². The van der Waals surface area contributed by atoms with Gasteiger partial charge in [-0.2, -0.15) is 0 Å². The lowest BCUT2D eigenvalue weighted by molar-refractivity contribution is -0.119. The quantitative estimate of drug-likeness (QED) is 0.630. The minimum Gasteiger partial charge on any atom is -0.350 e. The molecule has 0 bridgehead atoms. The molecule has 0 fully saturated rings. The van der Waals surface area contributed by atoms with Gasteiger partial charge in [-0.15, -0.1) is 0 Å². The van der Waals surface area contributed by atoms with E-state index in [9.17, 15) is 13.2 Å². The highest BCUT2D eigenvalue weighted by Crippen LogP contribution is 2.28. The van der Waals surface area contributed by atoms with Gasteiger partial charge in [-0.1, -0.05) is 29.8 Å². The number of anilines is 1. The molecule has 0 radical (unpaired) electrons. The molecular formula is C22H26N4O3S. The first-order chi connectivity index (χ1) is 14.1. The van der Waals surface area contributed by atoms with Crippen LogP contribution in [0, 0.1) is 20.8 Å². The van der Waals surface area contributed by atoms with Crippen LogP contribution in [0.1, 0.15) is 22.3 Å². The number of hydrogen-bond donors (Lipinski definition) is 1. The molecule has 3 aromatic rings.